The molecule has 3 aliphatic rings. The minimum atomic E-state index is -0.364. The van der Waals surface area contributed by atoms with Crippen molar-refractivity contribution >= 4 is 17.9 Å². The summed E-state index contributed by atoms with van der Waals surface area (Å²) in [6.45, 7) is 3.05. The third-order valence-electron chi connectivity index (χ3n) is 4.46. The van der Waals surface area contributed by atoms with E-state index in [1.165, 1.54) is 13.8 Å². The highest BCUT2D eigenvalue weighted by atomic mass is 16.6. The lowest BCUT2D eigenvalue weighted by atomic mass is 9.80. The van der Waals surface area contributed by atoms with Crippen LogP contribution in [-0.4, -0.2) is 36.7 Å². The summed E-state index contributed by atoms with van der Waals surface area (Å²) in [7, 11) is 0. The van der Waals surface area contributed by atoms with Crippen LogP contribution < -0.4 is 0 Å². The lowest BCUT2D eigenvalue weighted by Gasteiger charge is -2.27. The SMILES string of the molecule is CC(=O)O[C@H]1[C@@H]2C[C@H](OC(C)=O)[C@@H]1[C@H]1COC(=O)[C@@H]21. The monoisotopic (exact) mass is 268 g/mol. The van der Waals surface area contributed by atoms with E-state index in [1.54, 1.807) is 0 Å². The molecule has 3 rings (SSSR count). The van der Waals surface area contributed by atoms with Gasteiger partial charge in [0.1, 0.15) is 12.2 Å². The number of rotatable bonds is 2. The maximum absolute atomic E-state index is 11.7. The Morgan fingerprint density at radius 2 is 1.84 bits per heavy atom. The first-order valence-electron chi connectivity index (χ1n) is 6.50. The summed E-state index contributed by atoms with van der Waals surface area (Å²) in [5.74, 6) is -1.33. The van der Waals surface area contributed by atoms with Gasteiger partial charge in [0.05, 0.1) is 12.5 Å². The van der Waals surface area contributed by atoms with Gasteiger partial charge in [-0.05, 0) is 6.42 Å². The maximum Gasteiger partial charge on any atom is 0.309 e. The molecule has 19 heavy (non-hydrogen) atoms. The molecular formula is C13H16O6. The van der Waals surface area contributed by atoms with Crippen LogP contribution in [0, 0.1) is 23.7 Å². The summed E-state index contributed by atoms with van der Waals surface area (Å²) in [5.41, 5.74) is 0. The summed E-state index contributed by atoms with van der Waals surface area (Å²) in [5, 5.41) is 0. The van der Waals surface area contributed by atoms with Crippen LogP contribution in [0.5, 0.6) is 0 Å². The highest BCUT2D eigenvalue weighted by Crippen LogP contribution is 2.57. The van der Waals surface area contributed by atoms with Gasteiger partial charge in [0.2, 0.25) is 0 Å². The fourth-order valence-corrected chi connectivity index (χ4v) is 4.02. The minimum Gasteiger partial charge on any atom is -0.465 e. The summed E-state index contributed by atoms with van der Waals surface area (Å²) in [4.78, 5) is 34.1. The first kappa shape index (κ1) is 12.4. The number of carbonyl (C=O) groups is 3. The van der Waals surface area contributed by atoms with Gasteiger partial charge in [-0.1, -0.05) is 0 Å². The molecule has 2 aliphatic carbocycles. The molecule has 104 valence electrons. The molecule has 6 atom stereocenters. The molecule has 2 bridgehead atoms. The van der Waals surface area contributed by atoms with Gasteiger partial charge in [0.15, 0.2) is 0 Å². The van der Waals surface area contributed by atoms with E-state index in [-0.39, 0.29) is 53.8 Å². The molecule has 1 heterocycles. The number of carbonyl (C=O) groups excluding carboxylic acids is 3. The second-order valence-electron chi connectivity index (χ2n) is 5.52. The van der Waals surface area contributed by atoms with E-state index in [1.807, 2.05) is 0 Å². The Hall–Kier alpha value is -1.59. The number of cyclic esters (lactones) is 1. The van der Waals surface area contributed by atoms with Crippen LogP contribution in [0.15, 0.2) is 0 Å². The van der Waals surface area contributed by atoms with Crippen LogP contribution in [0.1, 0.15) is 20.3 Å². The number of esters is 3. The molecule has 0 unspecified atom stereocenters. The van der Waals surface area contributed by atoms with E-state index in [2.05, 4.69) is 0 Å². The Morgan fingerprint density at radius 1 is 1.16 bits per heavy atom. The molecule has 0 N–H and O–H groups in total. The van der Waals surface area contributed by atoms with Gasteiger partial charge in [-0.3, -0.25) is 14.4 Å². The predicted octanol–water partition coefficient (Wildman–Crippen LogP) is 0.289. The van der Waals surface area contributed by atoms with E-state index in [9.17, 15) is 14.4 Å². The Bertz CT molecular complexity index is 444. The second-order valence-corrected chi connectivity index (χ2v) is 5.52. The molecule has 0 aromatic heterocycles. The average Bonchev–Trinajstić information content (AvgIpc) is 2.89. The molecule has 0 spiro atoms. The van der Waals surface area contributed by atoms with Gasteiger partial charge in [-0.2, -0.15) is 0 Å². The molecule has 0 aromatic rings. The molecule has 6 heteroatoms. The topological polar surface area (TPSA) is 78.9 Å². The first-order valence-corrected chi connectivity index (χ1v) is 6.50. The fourth-order valence-electron chi connectivity index (χ4n) is 4.02. The molecule has 1 aliphatic heterocycles. The highest BCUT2D eigenvalue weighted by Gasteiger charge is 2.66. The zero-order valence-electron chi connectivity index (χ0n) is 10.8. The van der Waals surface area contributed by atoms with Crippen LogP contribution in [0.2, 0.25) is 0 Å². The molecule has 2 saturated carbocycles. The summed E-state index contributed by atoms with van der Waals surface area (Å²) in [6, 6.07) is 0. The van der Waals surface area contributed by atoms with Gasteiger partial charge in [-0.15, -0.1) is 0 Å². The molecule has 1 saturated heterocycles. The lowest BCUT2D eigenvalue weighted by molar-refractivity contribution is -0.155. The molecule has 0 aromatic carbocycles. The zero-order valence-corrected chi connectivity index (χ0v) is 10.8. The van der Waals surface area contributed by atoms with Crippen molar-refractivity contribution in [2.75, 3.05) is 6.61 Å². The number of fused-ring (bicyclic) bond motifs is 5. The Kier molecular flexibility index (Phi) is 2.76. The average molecular weight is 268 g/mol. The van der Waals surface area contributed by atoms with Crippen molar-refractivity contribution in [3.63, 3.8) is 0 Å². The van der Waals surface area contributed by atoms with Crippen molar-refractivity contribution in [1.29, 1.82) is 0 Å². The maximum atomic E-state index is 11.7. The minimum absolute atomic E-state index is 0.0000463. The van der Waals surface area contributed by atoms with Crippen molar-refractivity contribution in [3.8, 4) is 0 Å². The van der Waals surface area contributed by atoms with Gasteiger partial charge in [0.25, 0.3) is 0 Å². The Balaban J connectivity index is 1.85. The van der Waals surface area contributed by atoms with Gasteiger partial charge >= 0.3 is 17.9 Å². The van der Waals surface area contributed by atoms with Crippen LogP contribution in [-0.2, 0) is 28.6 Å². The van der Waals surface area contributed by atoms with Gasteiger partial charge in [-0.25, -0.2) is 0 Å². The van der Waals surface area contributed by atoms with E-state index in [0.717, 1.165) is 0 Å². The number of hydrogen-bond donors (Lipinski definition) is 0. The normalized spacial score (nSPS) is 42.7. The van der Waals surface area contributed by atoms with Crippen LogP contribution in [0.25, 0.3) is 0 Å². The first-order chi connectivity index (χ1) is 8.99. The molecule has 0 amide bonds. The Labute approximate surface area is 110 Å². The lowest BCUT2D eigenvalue weighted by Crippen LogP contribution is -2.35. The molecular weight excluding hydrogens is 252 g/mol. The summed E-state index contributed by atoms with van der Waals surface area (Å²) < 4.78 is 15.7. The van der Waals surface area contributed by atoms with Crippen molar-refractivity contribution in [2.24, 2.45) is 23.7 Å². The third-order valence-corrected chi connectivity index (χ3v) is 4.46. The van der Waals surface area contributed by atoms with Crippen LogP contribution >= 0.6 is 0 Å². The van der Waals surface area contributed by atoms with Crippen LogP contribution in [0.3, 0.4) is 0 Å². The number of hydrogen-bond acceptors (Lipinski definition) is 6. The standard InChI is InChI=1S/C13H16O6/c1-5(14)18-9-3-7-10-8(4-17-13(10)16)11(9)12(7)19-6(2)15/h7-12H,3-4H2,1-2H3/t7-,8+,9+,10+,11+,12+/m1/s1. The highest BCUT2D eigenvalue weighted by molar-refractivity contribution is 5.77. The van der Waals surface area contributed by atoms with E-state index >= 15 is 0 Å². The van der Waals surface area contributed by atoms with E-state index < -0.39 is 0 Å². The van der Waals surface area contributed by atoms with Gasteiger partial charge < -0.3 is 14.2 Å². The van der Waals surface area contributed by atoms with Crippen LogP contribution in [0.4, 0.5) is 0 Å². The molecule has 0 radical (unpaired) electrons. The fraction of sp³-hybridized carbons (Fsp3) is 0.769. The Morgan fingerprint density at radius 3 is 2.47 bits per heavy atom. The smallest absolute Gasteiger partial charge is 0.309 e. The quantitative estimate of drug-likeness (QED) is 0.529. The van der Waals surface area contributed by atoms with E-state index in [4.69, 9.17) is 14.2 Å². The summed E-state index contributed by atoms with van der Waals surface area (Å²) >= 11 is 0. The number of ether oxygens (including phenoxy) is 3. The van der Waals surface area contributed by atoms with Crippen molar-refractivity contribution in [3.05, 3.63) is 0 Å². The molecule has 6 nitrogen and oxygen atoms in total. The third kappa shape index (κ3) is 1.81. The second kappa shape index (κ2) is 4.21. The zero-order chi connectivity index (χ0) is 13.7. The predicted molar refractivity (Wildman–Crippen MR) is 60.6 cm³/mol. The summed E-state index contributed by atoms with van der Waals surface area (Å²) in [6.07, 6.45) is -0.0364. The van der Waals surface area contributed by atoms with E-state index in [0.29, 0.717) is 13.0 Å². The van der Waals surface area contributed by atoms with Crippen molar-refractivity contribution in [2.45, 2.75) is 32.5 Å². The van der Waals surface area contributed by atoms with Crippen molar-refractivity contribution < 1.29 is 28.6 Å². The largest absolute Gasteiger partial charge is 0.465 e. The van der Waals surface area contributed by atoms with Crippen molar-refractivity contribution in [1.82, 2.24) is 0 Å². The molecule has 3 fully saturated rings. The van der Waals surface area contributed by atoms with Gasteiger partial charge in [0, 0.05) is 31.6 Å².